The molecule has 0 radical (unpaired) electrons. The van der Waals surface area contributed by atoms with Gasteiger partial charge in [-0.05, 0) is 32.4 Å². The molecule has 1 aromatic rings. The molecule has 0 saturated carbocycles. The third kappa shape index (κ3) is 2.78. The van der Waals surface area contributed by atoms with Crippen molar-refractivity contribution >= 4 is 22.4 Å². The lowest BCUT2D eigenvalue weighted by Crippen LogP contribution is -2.36. The molecule has 6 heteroatoms. The quantitative estimate of drug-likeness (QED) is 0.643. The van der Waals surface area contributed by atoms with Crippen LogP contribution in [-0.2, 0) is 10.8 Å². The first kappa shape index (κ1) is 12.0. The summed E-state index contributed by atoms with van der Waals surface area (Å²) in [6.07, 6.45) is 2.00. The van der Waals surface area contributed by atoms with Crippen LogP contribution in [0.2, 0.25) is 5.15 Å². The molecule has 2 atom stereocenters. The fraction of sp³-hybridized carbons (Fsp3) is 0.600. The summed E-state index contributed by atoms with van der Waals surface area (Å²) in [5, 5.41) is 4.06. The van der Waals surface area contributed by atoms with E-state index in [4.69, 9.17) is 11.6 Å². The van der Waals surface area contributed by atoms with Gasteiger partial charge < -0.3 is 5.32 Å². The number of aromatic nitrogens is 2. The second kappa shape index (κ2) is 5.21. The highest BCUT2D eigenvalue weighted by Gasteiger charge is 2.23. The Kier molecular flexibility index (Phi) is 3.89. The van der Waals surface area contributed by atoms with Gasteiger partial charge in [0.15, 0.2) is 0 Å². The van der Waals surface area contributed by atoms with Crippen LogP contribution in [0.1, 0.15) is 18.5 Å². The van der Waals surface area contributed by atoms with Crippen molar-refractivity contribution in [1.29, 1.82) is 0 Å². The molecule has 16 heavy (non-hydrogen) atoms. The predicted molar refractivity (Wildman–Crippen MR) is 64.1 cm³/mol. The van der Waals surface area contributed by atoms with Crippen LogP contribution in [0.3, 0.4) is 0 Å². The second-order valence-corrected chi connectivity index (χ2v) is 5.89. The Bertz CT molecular complexity index is 387. The Labute approximate surface area is 102 Å². The molecule has 1 aliphatic heterocycles. The van der Waals surface area contributed by atoms with E-state index in [2.05, 4.69) is 15.3 Å². The van der Waals surface area contributed by atoms with Gasteiger partial charge >= 0.3 is 0 Å². The zero-order valence-electron chi connectivity index (χ0n) is 9.07. The molecule has 88 valence electrons. The molecule has 1 aromatic heterocycles. The number of aryl methyl sites for hydroxylation is 1. The molecular formula is C10H14ClN3OS. The van der Waals surface area contributed by atoms with Crippen molar-refractivity contribution in [3.8, 4) is 0 Å². The van der Waals surface area contributed by atoms with Crippen LogP contribution in [0.5, 0.6) is 0 Å². The number of halogens is 1. The first-order chi connectivity index (χ1) is 7.66. The Morgan fingerprint density at radius 2 is 2.38 bits per heavy atom. The number of nitrogens with zero attached hydrogens (tertiary/aromatic N) is 2. The highest BCUT2D eigenvalue weighted by atomic mass is 35.5. The van der Waals surface area contributed by atoms with Crippen molar-refractivity contribution in [2.45, 2.75) is 30.2 Å². The summed E-state index contributed by atoms with van der Waals surface area (Å²) in [6, 6.07) is 1.67. The third-order valence-corrected chi connectivity index (χ3v) is 4.28. The van der Waals surface area contributed by atoms with Crippen LogP contribution >= 0.6 is 11.6 Å². The van der Waals surface area contributed by atoms with Gasteiger partial charge in [0.1, 0.15) is 5.15 Å². The Balaban J connectivity index is 2.19. The van der Waals surface area contributed by atoms with Gasteiger partial charge in [0.25, 0.3) is 0 Å². The van der Waals surface area contributed by atoms with Gasteiger partial charge in [0.05, 0.1) is 16.0 Å². The van der Waals surface area contributed by atoms with E-state index in [1.807, 2.05) is 6.92 Å². The van der Waals surface area contributed by atoms with E-state index < -0.39 is 10.8 Å². The minimum atomic E-state index is -1.16. The molecule has 0 aromatic carbocycles. The zero-order chi connectivity index (χ0) is 11.5. The van der Waals surface area contributed by atoms with Gasteiger partial charge in [0, 0.05) is 12.2 Å². The van der Waals surface area contributed by atoms with E-state index in [0.29, 0.717) is 10.3 Å². The summed E-state index contributed by atoms with van der Waals surface area (Å²) >= 11 is 5.83. The monoisotopic (exact) mass is 259 g/mol. The summed E-state index contributed by atoms with van der Waals surface area (Å²) in [4.78, 5) is 8.22. The Morgan fingerprint density at radius 1 is 1.56 bits per heavy atom. The summed E-state index contributed by atoms with van der Waals surface area (Å²) in [6.45, 7) is 3.60. The number of rotatable bonds is 2. The van der Waals surface area contributed by atoms with Gasteiger partial charge in [-0.2, -0.15) is 0 Å². The largest absolute Gasteiger partial charge is 0.316 e. The summed E-state index contributed by atoms with van der Waals surface area (Å²) in [5.74, 6) is 0. The molecule has 0 aliphatic carbocycles. The third-order valence-electron chi connectivity index (χ3n) is 2.54. The average Bonchev–Trinajstić information content (AvgIpc) is 2.28. The molecule has 1 N–H and O–H groups in total. The Hall–Kier alpha value is -0.520. The highest BCUT2D eigenvalue weighted by molar-refractivity contribution is 7.85. The predicted octanol–water partition coefficient (Wildman–Crippen LogP) is 1.30. The minimum Gasteiger partial charge on any atom is -0.316 e. The molecule has 1 aliphatic rings. The fourth-order valence-corrected chi connectivity index (χ4v) is 3.40. The molecule has 0 bridgehead atoms. The molecule has 1 saturated heterocycles. The van der Waals surface area contributed by atoms with Crippen LogP contribution in [0.15, 0.2) is 11.2 Å². The van der Waals surface area contributed by atoms with E-state index in [-0.39, 0.29) is 5.25 Å². The topological polar surface area (TPSA) is 54.9 Å². The molecule has 1 fully saturated rings. The first-order valence-electron chi connectivity index (χ1n) is 5.29. The lowest BCUT2D eigenvalue weighted by molar-refractivity contribution is 0.517. The lowest BCUT2D eigenvalue weighted by Gasteiger charge is -2.21. The van der Waals surface area contributed by atoms with Gasteiger partial charge in [0.2, 0.25) is 5.16 Å². The maximum Gasteiger partial charge on any atom is 0.220 e. The van der Waals surface area contributed by atoms with E-state index in [1.54, 1.807) is 6.07 Å². The van der Waals surface area contributed by atoms with Crippen molar-refractivity contribution in [3.63, 3.8) is 0 Å². The second-order valence-electron chi connectivity index (χ2n) is 3.88. The molecule has 4 nitrogen and oxygen atoms in total. The van der Waals surface area contributed by atoms with Crippen LogP contribution < -0.4 is 5.32 Å². The molecule has 2 rings (SSSR count). The molecule has 2 heterocycles. The van der Waals surface area contributed by atoms with Crippen LogP contribution in [0.25, 0.3) is 0 Å². The van der Waals surface area contributed by atoms with Gasteiger partial charge in [-0.1, -0.05) is 11.6 Å². The maximum atomic E-state index is 12.2. The van der Waals surface area contributed by atoms with E-state index >= 15 is 0 Å². The minimum absolute atomic E-state index is 0.103. The van der Waals surface area contributed by atoms with Crippen LogP contribution in [0, 0.1) is 6.92 Å². The fourth-order valence-electron chi connectivity index (χ4n) is 1.75. The van der Waals surface area contributed by atoms with Crippen LogP contribution in [0.4, 0.5) is 0 Å². The maximum absolute atomic E-state index is 12.2. The van der Waals surface area contributed by atoms with Crippen molar-refractivity contribution in [3.05, 3.63) is 16.9 Å². The molecule has 2 unspecified atom stereocenters. The number of hydrogen-bond acceptors (Lipinski definition) is 4. The van der Waals surface area contributed by atoms with Gasteiger partial charge in [-0.15, -0.1) is 0 Å². The van der Waals surface area contributed by atoms with Crippen molar-refractivity contribution in [2.75, 3.05) is 13.1 Å². The first-order valence-corrected chi connectivity index (χ1v) is 6.88. The van der Waals surface area contributed by atoms with E-state index in [9.17, 15) is 4.21 Å². The molecule has 0 amide bonds. The molecule has 0 spiro atoms. The van der Waals surface area contributed by atoms with Crippen molar-refractivity contribution in [1.82, 2.24) is 15.3 Å². The average molecular weight is 260 g/mol. The van der Waals surface area contributed by atoms with Crippen molar-refractivity contribution < 1.29 is 4.21 Å². The summed E-state index contributed by atoms with van der Waals surface area (Å²) < 4.78 is 12.2. The highest BCUT2D eigenvalue weighted by Crippen LogP contribution is 2.16. The van der Waals surface area contributed by atoms with E-state index in [1.165, 1.54) is 0 Å². The number of nitrogens with one attached hydrogen (secondary N) is 1. The lowest BCUT2D eigenvalue weighted by atomic mass is 10.2. The van der Waals surface area contributed by atoms with E-state index in [0.717, 1.165) is 31.6 Å². The normalized spacial score (nSPS) is 23.0. The zero-order valence-corrected chi connectivity index (χ0v) is 10.6. The summed E-state index contributed by atoms with van der Waals surface area (Å²) in [7, 11) is -1.16. The summed E-state index contributed by atoms with van der Waals surface area (Å²) in [5.41, 5.74) is 0.757. The van der Waals surface area contributed by atoms with Crippen molar-refractivity contribution in [2.24, 2.45) is 0 Å². The molecular weight excluding hydrogens is 246 g/mol. The number of hydrogen-bond donors (Lipinski definition) is 1. The van der Waals surface area contributed by atoms with Gasteiger partial charge in [-0.3, -0.25) is 4.21 Å². The van der Waals surface area contributed by atoms with Gasteiger partial charge in [-0.25, -0.2) is 9.97 Å². The smallest absolute Gasteiger partial charge is 0.220 e. The SMILES string of the molecule is Cc1cc(Cl)nc(S(=O)C2CCCNC2)n1. The standard InChI is InChI=1S/C10H14ClN3OS/c1-7-5-9(11)14-10(13-7)16(15)8-3-2-4-12-6-8/h5,8,12H,2-4,6H2,1H3. The van der Waals surface area contributed by atoms with Crippen LogP contribution in [-0.4, -0.2) is 32.5 Å². The number of piperidine rings is 1. The Morgan fingerprint density at radius 3 is 3.00 bits per heavy atom.